The fourth-order valence-electron chi connectivity index (χ4n) is 4.97. The minimum Gasteiger partial charge on any atom is -0.444 e. The van der Waals surface area contributed by atoms with E-state index in [2.05, 4.69) is 38.9 Å². The summed E-state index contributed by atoms with van der Waals surface area (Å²) in [6, 6.07) is 1.79. The lowest BCUT2D eigenvalue weighted by molar-refractivity contribution is -0.144. The molecule has 1 aromatic carbocycles. The molecule has 16 nitrogen and oxygen atoms in total. The number of H-pyrrole nitrogens is 1. The normalized spacial score (nSPS) is 15.1. The van der Waals surface area contributed by atoms with Gasteiger partial charge in [-0.15, -0.1) is 11.6 Å². The first-order valence-corrected chi connectivity index (χ1v) is 17.1. The van der Waals surface area contributed by atoms with E-state index < -0.39 is 83.5 Å². The molecule has 0 radical (unpaired) electrons. The third kappa shape index (κ3) is 13.0. The van der Waals surface area contributed by atoms with Crippen molar-refractivity contribution in [3.8, 4) is 0 Å². The average Bonchev–Trinajstić information content (AvgIpc) is 3.42. The number of aromatic amines is 1. The number of nitrogens with two attached hydrogens (primary N) is 2. The summed E-state index contributed by atoms with van der Waals surface area (Å²) >= 11 is 10.8. The van der Waals surface area contributed by atoms with Crippen LogP contribution in [0, 0.1) is 0 Å². The van der Waals surface area contributed by atoms with Crippen molar-refractivity contribution >= 4 is 70.8 Å². The number of thiol groups is 1. The first kappa shape index (κ1) is 42.1. The van der Waals surface area contributed by atoms with E-state index in [0.717, 1.165) is 15.8 Å². The fraction of sp³-hybridized carbons (Fsp3) is 0.562. The number of carbonyl (C=O) groups is 6. The predicted octanol–water partition coefficient (Wildman–Crippen LogP) is 0.00630. The number of hydrogen-bond acceptors (Lipinski definition) is 10. The highest BCUT2D eigenvalue weighted by atomic mass is 35.5. The third-order valence-electron chi connectivity index (χ3n) is 7.41. The molecule has 0 saturated heterocycles. The molecule has 1 unspecified atom stereocenters. The number of nitrogens with one attached hydrogen (secondary N) is 5. The van der Waals surface area contributed by atoms with Crippen LogP contribution in [0.2, 0.25) is 0 Å². The molecular formula is C32H49ClN8O8S. The zero-order chi connectivity index (χ0) is 37.8. The number of aliphatic hydroxyl groups is 1. The third-order valence-corrected chi connectivity index (χ3v) is 8.15. The highest BCUT2D eigenvalue weighted by molar-refractivity contribution is 7.80. The molecule has 0 aliphatic heterocycles. The van der Waals surface area contributed by atoms with E-state index in [1.54, 1.807) is 27.0 Å². The number of fused-ring (bicyclic) bond motifs is 1. The quantitative estimate of drug-likeness (QED) is 0.0566. The van der Waals surface area contributed by atoms with Gasteiger partial charge in [0.1, 0.15) is 29.8 Å². The molecular weight excluding hydrogens is 692 g/mol. The summed E-state index contributed by atoms with van der Waals surface area (Å²) in [5.41, 5.74) is 11.7. The average molecular weight is 741 g/mol. The summed E-state index contributed by atoms with van der Waals surface area (Å²) in [5, 5.41) is 20.1. The lowest BCUT2D eigenvalue weighted by atomic mass is 10.0. The van der Waals surface area contributed by atoms with Crippen LogP contribution in [0.25, 0.3) is 10.9 Å². The summed E-state index contributed by atoms with van der Waals surface area (Å²) < 4.78 is 5.41. The van der Waals surface area contributed by atoms with Crippen molar-refractivity contribution in [3.63, 3.8) is 0 Å². The molecule has 0 saturated carbocycles. The maximum Gasteiger partial charge on any atom is 0.408 e. The Kier molecular flexibility index (Phi) is 16.3. The Hall–Kier alpha value is -4.06. The number of ether oxygens (including phenoxy) is 1. The minimum atomic E-state index is -1.50. The van der Waals surface area contributed by atoms with Crippen molar-refractivity contribution in [3.05, 3.63) is 36.0 Å². The smallest absolute Gasteiger partial charge is 0.408 e. The Bertz CT molecular complexity index is 1500. The number of alkyl carbamates (subject to hydrolysis) is 1. The van der Waals surface area contributed by atoms with Crippen molar-refractivity contribution in [1.82, 2.24) is 31.2 Å². The van der Waals surface area contributed by atoms with E-state index in [1.165, 1.54) is 13.8 Å². The second kappa shape index (κ2) is 19.4. The SMILES string of the molecule is CC(=O)NCN(C(=O)[C@H](CC(Cl)CCN)NC(=O)[C@@H](Cc1c[nH]c2ccccc12)NC(=O)OC(C)(C)C)[C@@H](CS)C(=O)N[C@H](C(N)=O)[C@@H](C)O. The highest BCUT2D eigenvalue weighted by Crippen LogP contribution is 2.20. The molecule has 1 heterocycles. The van der Waals surface area contributed by atoms with Crippen molar-refractivity contribution in [2.75, 3.05) is 19.0 Å². The Morgan fingerprint density at radius 1 is 1.06 bits per heavy atom. The van der Waals surface area contributed by atoms with Crippen molar-refractivity contribution in [2.45, 2.75) is 95.1 Å². The molecule has 2 aromatic rings. The Morgan fingerprint density at radius 3 is 2.28 bits per heavy atom. The number of primary amides is 1. The highest BCUT2D eigenvalue weighted by Gasteiger charge is 2.38. The number of nitrogens with zero attached hydrogens (tertiary/aromatic N) is 1. The predicted molar refractivity (Wildman–Crippen MR) is 191 cm³/mol. The number of rotatable bonds is 18. The first-order valence-electron chi connectivity index (χ1n) is 16.0. The van der Waals surface area contributed by atoms with E-state index >= 15 is 0 Å². The van der Waals surface area contributed by atoms with Gasteiger partial charge in [-0.05, 0) is 58.7 Å². The first-order chi connectivity index (χ1) is 23.4. The molecule has 0 aliphatic rings. The lowest BCUT2D eigenvalue weighted by Crippen LogP contribution is -2.63. The zero-order valence-electron chi connectivity index (χ0n) is 28.8. The van der Waals surface area contributed by atoms with Crippen molar-refractivity contribution in [2.24, 2.45) is 11.5 Å². The minimum absolute atomic E-state index is 0.00572. The molecule has 278 valence electrons. The van der Waals surface area contributed by atoms with Crippen molar-refractivity contribution < 1.29 is 38.6 Å². The maximum atomic E-state index is 14.3. The second-order valence-corrected chi connectivity index (χ2v) is 13.7. The number of aliphatic hydroxyl groups excluding tert-OH is 1. The largest absolute Gasteiger partial charge is 0.444 e. The standard InChI is InChI=1S/C32H49ClN8O8S/c1-17(42)26(27(35)44)40-29(46)25(15-50)41(16-37-18(2)43)30(47)24(13-20(33)10-11-34)38-28(45)23(39-31(48)49-32(3,4)5)12-19-14-36-22-9-7-6-8-21(19)22/h6-9,14,17,20,23-26,36,42,50H,10-13,15-16,34H2,1-5H3,(H2,35,44)(H,37,43)(H,38,45)(H,39,48)(H,40,46)/t17-,20?,23-,24+,25+,26+/m1/s1. The number of alkyl halides is 1. The molecule has 2 rings (SSSR count). The van der Waals surface area contributed by atoms with Crippen LogP contribution in [0.4, 0.5) is 4.79 Å². The summed E-state index contributed by atoms with van der Waals surface area (Å²) in [6.07, 6.45) is -0.451. The molecule has 18 heteroatoms. The molecule has 1 aromatic heterocycles. The van der Waals surface area contributed by atoms with Gasteiger partial charge in [0, 0.05) is 41.6 Å². The Labute approximate surface area is 301 Å². The maximum absolute atomic E-state index is 14.3. The molecule has 10 N–H and O–H groups in total. The van der Waals surface area contributed by atoms with Gasteiger partial charge in [0.2, 0.25) is 29.5 Å². The number of amides is 6. The van der Waals surface area contributed by atoms with Crippen LogP contribution in [0.1, 0.15) is 53.0 Å². The van der Waals surface area contributed by atoms with E-state index in [1.807, 2.05) is 24.3 Å². The molecule has 6 atom stereocenters. The fourth-order valence-corrected chi connectivity index (χ4v) is 5.64. The van der Waals surface area contributed by atoms with Gasteiger partial charge in [0.25, 0.3) is 0 Å². The number of carbonyl (C=O) groups excluding carboxylic acids is 6. The summed E-state index contributed by atoms with van der Waals surface area (Å²) in [6.45, 7) is 7.09. The van der Waals surface area contributed by atoms with Gasteiger partial charge < -0.3 is 52.5 Å². The summed E-state index contributed by atoms with van der Waals surface area (Å²) in [7, 11) is 0. The molecule has 0 aliphatic carbocycles. The van der Waals surface area contributed by atoms with Gasteiger partial charge >= 0.3 is 6.09 Å². The summed E-state index contributed by atoms with van der Waals surface area (Å²) in [5.74, 6) is -4.41. The number of halogens is 1. The molecule has 50 heavy (non-hydrogen) atoms. The molecule has 0 spiro atoms. The topological polar surface area (TPSA) is 251 Å². The van der Waals surface area contributed by atoms with E-state index in [0.29, 0.717) is 5.56 Å². The molecule has 0 fully saturated rings. The Balaban J connectivity index is 2.53. The van der Waals surface area contributed by atoms with Gasteiger partial charge in [-0.1, -0.05) is 18.2 Å². The number of para-hydroxylation sites is 1. The van der Waals surface area contributed by atoms with Crippen LogP contribution in [0.3, 0.4) is 0 Å². The van der Waals surface area contributed by atoms with E-state index in [-0.39, 0.29) is 31.6 Å². The van der Waals surface area contributed by atoms with Crippen LogP contribution in [-0.4, -0.2) is 111 Å². The molecule has 0 bridgehead atoms. The van der Waals surface area contributed by atoms with Crippen molar-refractivity contribution in [1.29, 1.82) is 0 Å². The second-order valence-electron chi connectivity index (χ2n) is 12.8. The van der Waals surface area contributed by atoms with Gasteiger partial charge in [-0.3, -0.25) is 24.0 Å². The van der Waals surface area contributed by atoms with Crippen LogP contribution in [0.5, 0.6) is 0 Å². The lowest BCUT2D eigenvalue weighted by Gasteiger charge is -2.35. The van der Waals surface area contributed by atoms with Gasteiger partial charge in [-0.25, -0.2) is 4.79 Å². The van der Waals surface area contributed by atoms with E-state index in [4.69, 9.17) is 27.8 Å². The van der Waals surface area contributed by atoms with E-state index in [9.17, 15) is 33.9 Å². The van der Waals surface area contributed by atoms with Crippen LogP contribution in [-0.2, 0) is 35.1 Å². The number of benzene rings is 1. The van der Waals surface area contributed by atoms with Crippen LogP contribution < -0.4 is 32.7 Å². The number of hydrogen-bond donors (Lipinski definition) is 9. The monoisotopic (exact) mass is 740 g/mol. The molecule has 6 amide bonds. The summed E-state index contributed by atoms with van der Waals surface area (Å²) in [4.78, 5) is 82.6. The van der Waals surface area contributed by atoms with Gasteiger partial charge in [-0.2, -0.15) is 12.6 Å². The zero-order valence-corrected chi connectivity index (χ0v) is 30.5. The van der Waals surface area contributed by atoms with Crippen LogP contribution >= 0.6 is 24.2 Å². The van der Waals surface area contributed by atoms with Gasteiger partial charge in [0.15, 0.2) is 0 Å². The number of aromatic nitrogens is 1. The Morgan fingerprint density at radius 2 is 1.72 bits per heavy atom. The van der Waals surface area contributed by atoms with Gasteiger partial charge in [0.05, 0.1) is 12.8 Å². The van der Waals surface area contributed by atoms with Crippen LogP contribution in [0.15, 0.2) is 30.5 Å².